The van der Waals surface area contributed by atoms with Gasteiger partial charge >= 0.3 is 99.2 Å². The number of hydrogen-bond donors (Lipinski definition) is 0. The van der Waals surface area contributed by atoms with Gasteiger partial charge in [0.25, 0.3) is 0 Å². The van der Waals surface area contributed by atoms with Crippen LogP contribution in [0.5, 0.6) is 0 Å². The molecular formula is C32H25Cl2Zr-. The second kappa shape index (κ2) is 12.5. The standard InChI is InChI=1S/C19H15.C13H10.2ClH.Zr/c1-13-9-10-15(11-13)17-7-4-8-18-16-6-3-2-5-14(16)12-19(17)18;1-3-7-12(8-4-1)11-13-9-5-2-6-10-13;;;/h2-12,15H,1H3;1-10H;2*1H;/q-1;;;;+2/p-2. The van der Waals surface area contributed by atoms with Crippen LogP contribution in [0.25, 0.3) is 21.5 Å². The first-order valence-corrected chi connectivity index (χ1v) is 12.6. The predicted molar refractivity (Wildman–Crippen MR) is 139 cm³/mol. The molecule has 5 aromatic rings. The Bertz CT molecular complexity index is 1440. The van der Waals surface area contributed by atoms with Crippen LogP contribution in [-0.2, 0) is 24.2 Å². The van der Waals surface area contributed by atoms with Gasteiger partial charge in [0.05, 0.1) is 0 Å². The fourth-order valence-corrected chi connectivity index (χ4v) is 5.33. The van der Waals surface area contributed by atoms with Crippen LogP contribution < -0.4 is 24.8 Å². The van der Waals surface area contributed by atoms with Gasteiger partial charge in [0.1, 0.15) is 0 Å². The molecule has 0 fully saturated rings. The summed E-state index contributed by atoms with van der Waals surface area (Å²) in [5.41, 5.74) is 5.44. The second-order valence-corrected chi connectivity index (χ2v) is 9.67. The summed E-state index contributed by atoms with van der Waals surface area (Å²) in [6.07, 6.45) is 6.85. The van der Waals surface area contributed by atoms with Crippen molar-refractivity contribution in [3.63, 3.8) is 0 Å². The van der Waals surface area contributed by atoms with E-state index in [-0.39, 0.29) is 24.8 Å². The molecule has 0 aliphatic heterocycles. The molecule has 1 aliphatic carbocycles. The van der Waals surface area contributed by atoms with Gasteiger partial charge in [0.15, 0.2) is 0 Å². The fourth-order valence-electron chi connectivity index (χ4n) is 4.51. The van der Waals surface area contributed by atoms with Gasteiger partial charge in [-0.2, -0.15) is 0 Å². The summed E-state index contributed by atoms with van der Waals surface area (Å²) >= 11 is 1.46. The topological polar surface area (TPSA) is 0 Å². The van der Waals surface area contributed by atoms with Crippen molar-refractivity contribution in [1.29, 1.82) is 0 Å². The molecule has 1 aliphatic rings. The normalized spacial score (nSPS) is 13.9. The van der Waals surface area contributed by atoms with Gasteiger partial charge in [-0.3, -0.25) is 0 Å². The molecule has 5 aromatic carbocycles. The van der Waals surface area contributed by atoms with E-state index in [0.29, 0.717) is 5.92 Å². The zero-order valence-electron chi connectivity index (χ0n) is 19.5. The molecule has 172 valence electrons. The summed E-state index contributed by atoms with van der Waals surface area (Å²) in [4.78, 5) is 0. The van der Waals surface area contributed by atoms with Crippen molar-refractivity contribution in [2.75, 3.05) is 0 Å². The molecule has 35 heavy (non-hydrogen) atoms. The molecular weight excluding hydrogens is 546 g/mol. The van der Waals surface area contributed by atoms with E-state index in [9.17, 15) is 0 Å². The Morgan fingerprint density at radius 1 is 0.686 bits per heavy atom. The quantitative estimate of drug-likeness (QED) is 0.291. The van der Waals surface area contributed by atoms with Gasteiger partial charge in [0, 0.05) is 0 Å². The molecule has 1 unspecified atom stereocenters. The molecule has 0 saturated heterocycles. The zero-order chi connectivity index (χ0) is 22.6. The minimum atomic E-state index is 0. The monoisotopic (exact) mass is 569 g/mol. The molecule has 0 N–H and O–H groups in total. The van der Waals surface area contributed by atoms with Crippen molar-refractivity contribution in [1.82, 2.24) is 0 Å². The van der Waals surface area contributed by atoms with Gasteiger partial charge < -0.3 is 24.8 Å². The number of rotatable bonds is 3. The summed E-state index contributed by atoms with van der Waals surface area (Å²) in [6.45, 7) is 2.16. The van der Waals surface area contributed by atoms with Crippen LogP contribution in [0.1, 0.15) is 29.5 Å². The fraction of sp³-hybridized carbons (Fsp3) is 0.0625. The van der Waals surface area contributed by atoms with Gasteiger partial charge in [-0.05, 0) is 12.8 Å². The van der Waals surface area contributed by atoms with E-state index in [2.05, 4.69) is 134 Å². The molecule has 0 heterocycles. The summed E-state index contributed by atoms with van der Waals surface area (Å²) in [5, 5.41) is 5.47. The van der Waals surface area contributed by atoms with Crippen LogP contribution in [0.15, 0.2) is 133 Å². The van der Waals surface area contributed by atoms with Crippen molar-refractivity contribution in [3.8, 4) is 0 Å². The third kappa shape index (κ3) is 6.04. The summed E-state index contributed by atoms with van der Waals surface area (Å²) in [5.74, 6) is 0.431. The van der Waals surface area contributed by atoms with Crippen LogP contribution in [0.4, 0.5) is 0 Å². The molecule has 0 spiro atoms. The molecule has 6 rings (SSSR count). The molecule has 0 bridgehead atoms. The number of allylic oxidation sites excluding steroid dienone is 4. The van der Waals surface area contributed by atoms with Gasteiger partial charge in [-0.1, -0.05) is 65.8 Å². The molecule has 0 amide bonds. The molecule has 3 heteroatoms. The summed E-state index contributed by atoms with van der Waals surface area (Å²) < 4.78 is 1.42. The molecule has 1 atom stereocenters. The summed E-state index contributed by atoms with van der Waals surface area (Å²) in [6, 6.07) is 38.7. The van der Waals surface area contributed by atoms with Crippen LogP contribution in [0.3, 0.4) is 0 Å². The average Bonchev–Trinajstić information content (AvgIpc) is 3.48. The van der Waals surface area contributed by atoms with Crippen molar-refractivity contribution in [3.05, 3.63) is 150 Å². The minimum absolute atomic E-state index is 0. The first-order chi connectivity index (χ1) is 16.2. The maximum atomic E-state index is 2.34. The molecule has 0 saturated carbocycles. The van der Waals surface area contributed by atoms with Gasteiger partial charge in [0.2, 0.25) is 0 Å². The van der Waals surface area contributed by atoms with E-state index in [1.54, 1.807) is 0 Å². The van der Waals surface area contributed by atoms with E-state index in [0.717, 1.165) is 0 Å². The number of halogens is 2. The molecule has 0 aromatic heterocycles. The Morgan fingerprint density at radius 2 is 1.26 bits per heavy atom. The van der Waals surface area contributed by atoms with E-state index in [4.69, 9.17) is 0 Å². The zero-order valence-corrected chi connectivity index (χ0v) is 23.4. The van der Waals surface area contributed by atoms with Gasteiger partial charge in [-0.25, -0.2) is 0 Å². The number of fused-ring (bicyclic) bond motifs is 3. The van der Waals surface area contributed by atoms with Crippen molar-refractivity contribution < 1.29 is 49.0 Å². The molecule has 0 radical (unpaired) electrons. The van der Waals surface area contributed by atoms with E-state index in [1.165, 1.54) is 71.2 Å². The second-order valence-electron chi connectivity index (χ2n) is 8.44. The maximum absolute atomic E-state index is 2.34. The van der Waals surface area contributed by atoms with Gasteiger partial charge in [-0.15, -0.1) is 33.7 Å². The predicted octanol–water partition coefficient (Wildman–Crippen LogP) is 2.12. The summed E-state index contributed by atoms with van der Waals surface area (Å²) in [7, 11) is 0. The number of hydrogen-bond acceptors (Lipinski definition) is 0. The first-order valence-electron chi connectivity index (χ1n) is 11.3. The van der Waals surface area contributed by atoms with E-state index in [1.807, 2.05) is 0 Å². The Kier molecular flexibility index (Phi) is 9.70. The Balaban J connectivity index is 0.000000193. The van der Waals surface area contributed by atoms with Crippen LogP contribution in [-0.4, -0.2) is 3.21 Å². The van der Waals surface area contributed by atoms with E-state index < -0.39 is 0 Å². The van der Waals surface area contributed by atoms with Crippen molar-refractivity contribution >= 4 is 24.8 Å². The average molecular weight is 572 g/mol. The third-order valence-corrected chi connectivity index (χ3v) is 7.60. The van der Waals surface area contributed by atoms with Crippen LogP contribution in [0, 0.1) is 0 Å². The van der Waals surface area contributed by atoms with Crippen molar-refractivity contribution in [2.45, 2.75) is 12.8 Å². The SMILES string of the molecule is CC1=CC(c2cccc3c2[cH-]c2ccccc23)C=C1.[Cl-].[Cl-].[Zr+2]=[C](c1ccccc1)c1ccccc1. The van der Waals surface area contributed by atoms with E-state index >= 15 is 0 Å². The Labute approximate surface area is 234 Å². The van der Waals surface area contributed by atoms with Crippen LogP contribution >= 0.6 is 0 Å². The Morgan fingerprint density at radius 3 is 1.86 bits per heavy atom. The van der Waals surface area contributed by atoms with Crippen LogP contribution in [0.2, 0.25) is 0 Å². The Hall–Kier alpha value is -2.44. The number of benzene rings is 4. The third-order valence-electron chi connectivity index (χ3n) is 6.18. The first kappa shape index (κ1) is 27.2. The van der Waals surface area contributed by atoms with Crippen molar-refractivity contribution in [2.24, 2.45) is 0 Å². The molecule has 0 nitrogen and oxygen atoms in total.